The molecule has 0 aliphatic rings. The Labute approximate surface area is 82.0 Å². The van der Waals surface area contributed by atoms with E-state index >= 15 is 0 Å². The highest BCUT2D eigenvalue weighted by molar-refractivity contribution is 5.62. The van der Waals surface area contributed by atoms with Crippen molar-refractivity contribution in [3.8, 4) is 11.3 Å². The van der Waals surface area contributed by atoms with Crippen LogP contribution in [0.25, 0.3) is 11.3 Å². The Morgan fingerprint density at radius 2 is 2.07 bits per heavy atom. The van der Waals surface area contributed by atoms with Gasteiger partial charge in [-0.3, -0.25) is 4.68 Å². The van der Waals surface area contributed by atoms with Crippen LogP contribution >= 0.6 is 0 Å². The zero-order valence-electron chi connectivity index (χ0n) is 8.16. The molecule has 0 atom stereocenters. The van der Waals surface area contributed by atoms with Crippen LogP contribution in [-0.4, -0.2) is 9.78 Å². The van der Waals surface area contributed by atoms with E-state index in [0.29, 0.717) is 0 Å². The monoisotopic (exact) mass is 190 g/mol. The van der Waals surface area contributed by atoms with Crippen LogP contribution < -0.4 is 0 Å². The van der Waals surface area contributed by atoms with Gasteiger partial charge in [-0.15, -0.1) is 0 Å². The molecule has 0 aliphatic heterocycles. The number of nitrogens with zero attached hydrogens (tertiary/aromatic N) is 2. The molecular weight excluding hydrogens is 179 g/mol. The van der Waals surface area contributed by atoms with Crippen molar-refractivity contribution in [3.05, 3.63) is 41.8 Å². The van der Waals surface area contributed by atoms with Gasteiger partial charge in [-0.2, -0.15) is 5.10 Å². The first-order valence-corrected chi connectivity index (χ1v) is 4.43. The van der Waals surface area contributed by atoms with Gasteiger partial charge in [0.05, 0.1) is 5.69 Å². The third-order valence-electron chi connectivity index (χ3n) is 2.18. The zero-order chi connectivity index (χ0) is 10.1. The molecule has 0 N–H and O–H groups in total. The summed E-state index contributed by atoms with van der Waals surface area (Å²) < 4.78 is 14.6. The fourth-order valence-electron chi connectivity index (χ4n) is 1.47. The minimum atomic E-state index is -0.206. The van der Waals surface area contributed by atoms with Crippen LogP contribution in [0.3, 0.4) is 0 Å². The van der Waals surface area contributed by atoms with Crippen molar-refractivity contribution in [1.29, 1.82) is 0 Å². The van der Waals surface area contributed by atoms with Crippen LogP contribution in [0.15, 0.2) is 30.5 Å². The van der Waals surface area contributed by atoms with Crippen LogP contribution in [0, 0.1) is 12.7 Å². The molecule has 0 spiro atoms. The smallest absolute Gasteiger partial charge is 0.123 e. The van der Waals surface area contributed by atoms with E-state index in [1.807, 2.05) is 26.2 Å². The molecular formula is C11H11FN2. The van der Waals surface area contributed by atoms with Gasteiger partial charge >= 0.3 is 0 Å². The number of hydrogen-bond acceptors (Lipinski definition) is 1. The maximum absolute atomic E-state index is 12.8. The molecule has 1 aromatic carbocycles. The number of aromatic nitrogens is 2. The first-order chi connectivity index (χ1) is 6.66. The highest BCUT2D eigenvalue weighted by Gasteiger charge is 2.04. The molecule has 0 radical (unpaired) electrons. The average molecular weight is 190 g/mol. The van der Waals surface area contributed by atoms with Crippen LogP contribution in [0.5, 0.6) is 0 Å². The van der Waals surface area contributed by atoms with Crippen molar-refractivity contribution in [2.24, 2.45) is 7.05 Å². The quantitative estimate of drug-likeness (QED) is 0.675. The molecule has 1 aromatic heterocycles. The van der Waals surface area contributed by atoms with Crippen LogP contribution in [0.4, 0.5) is 4.39 Å². The van der Waals surface area contributed by atoms with Crippen molar-refractivity contribution < 1.29 is 4.39 Å². The fraction of sp³-hybridized carbons (Fsp3) is 0.182. The Morgan fingerprint density at radius 3 is 2.64 bits per heavy atom. The van der Waals surface area contributed by atoms with E-state index in [9.17, 15) is 4.39 Å². The first kappa shape index (κ1) is 8.94. The predicted molar refractivity (Wildman–Crippen MR) is 53.3 cm³/mol. The van der Waals surface area contributed by atoms with Crippen molar-refractivity contribution in [2.75, 3.05) is 0 Å². The van der Waals surface area contributed by atoms with Gasteiger partial charge in [0.15, 0.2) is 0 Å². The van der Waals surface area contributed by atoms with Crippen molar-refractivity contribution in [2.45, 2.75) is 6.92 Å². The number of rotatable bonds is 1. The summed E-state index contributed by atoms with van der Waals surface area (Å²) in [5, 5.41) is 4.27. The van der Waals surface area contributed by atoms with E-state index in [1.165, 1.54) is 12.1 Å². The Morgan fingerprint density at radius 1 is 1.29 bits per heavy atom. The van der Waals surface area contributed by atoms with Gasteiger partial charge < -0.3 is 0 Å². The van der Waals surface area contributed by atoms with Crippen LogP contribution in [0.2, 0.25) is 0 Å². The van der Waals surface area contributed by atoms with E-state index in [4.69, 9.17) is 0 Å². The lowest BCUT2D eigenvalue weighted by Crippen LogP contribution is -1.90. The summed E-state index contributed by atoms with van der Waals surface area (Å²) in [5.41, 5.74) is 2.76. The van der Waals surface area contributed by atoms with Gasteiger partial charge in [-0.05, 0) is 36.8 Å². The third kappa shape index (κ3) is 1.53. The molecule has 0 saturated heterocycles. The van der Waals surface area contributed by atoms with Gasteiger partial charge in [-0.1, -0.05) is 0 Å². The maximum Gasteiger partial charge on any atom is 0.123 e. The second-order valence-corrected chi connectivity index (χ2v) is 3.33. The number of halogens is 1. The molecule has 1 heterocycles. The van der Waals surface area contributed by atoms with Crippen LogP contribution in [0.1, 0.15) is 5.56 Å². The largest absolute Gasteiger partial charge is 0.275 e. The molecule has 2 nitrogen and oxygen atoms in total. The predicted octanol–water partition coefficient (Wildman–Crippen LogP) is 2.53. The maximum atomic E-state index is 12.8. The van der Waals surface area contributed by atoms with Gasteiger partial charge in [0.1, 0.15) is 5.82 Å². The molecule has 0 aliphatic carbocycles. The average Bonchev–Trinajstić information content (AvgIpc) is 2.51. The molecule has 2 aromatic rings. The van der Waals surface area contributed by atoms with E-state index in [1.54, 1.807) is 10.7 Å². The summed E-state index contributed by atoms with van der Waals surface area (Å²) in [4.78, 5) is 0. The lowest BCUT2D eigenvalue weighted by atomic mass is 10.1. The second-order valence-electron chi connectivity index (χ2n) is 3.33. The van der Waals surface area contributed by atoms with Crippen molar-refractivity contribution >= 4 is 0 Å². The molecule has 14 heavy (non-hydrogen) atoms. The van der Waals surface area contributed by atoms with Gasteiger partial charge in [0, 0.05) is 18.8 Å². The van der Waals surface area contributed by atoms with Crippen molar-refractivity contribution in [1.82, 2.24) is 9.78 Å². The number of aryl methyl sites for hydroxylation is 2. The molecule has 0 bridgehead atoms. The lowest BCUT2D eigenvalue weighted by Gasteiger charge is -2.01. The second kappa shape index (κ2) is 3.25. The normalized spacial score (nSPS) is 10.5. The Hall–Kier alpha value is -1.64. The Balaban J connectivity index is 2.52. The molecule has 3 heteroatoms. The molecule has 72 valence electrons. The molecule has 0 saturated carbocycles. The summed E-state index contributed by atoms with van der Waals surface area (Å²) in [6.07, 6.45) is 1.87. The highest BCUT2D eigenvalue weighted by Crippen LogP contribution is 2.21. The van der Waals surface area contributed by atoms with Crippen LogP contribution in [-0.2, 0) is 7.05 Å². The van der Waals surface area contributed by atoms with E-state index < -0.39 is 0 Å². The van der Waals surface area contributed by atoms with E-state index in [0.717, 1.165) is 16.8 Å². The third-order valence-corrected chi connectivity index (χ3v) is 2.18. The summed E-state index contributed by atoms with van der Waals surface area (Å²) in [5.74, 6) is -0.206. The van der Waals surface area contributed by atoms with Gasteiger partial charge in [-0.25, -0.2) is 4.39 Å². The van der Waals surface area contributed by atoms with E-state index in [-0.39, 0.29) is 5.82 Å². The Kier molecular flexibility index (Phi) is 2.08. The standard InChI is InChI=1S/C11H11FN2/c1-8-7-9(12)3-4-10(8)11-5-6-14(2)13-11/h3-7H,1-2H3. The minimum Gasteiger partial charge on any atom is -0.275 e. The van der Waals surface area contributed by atoms with E-state index in [2.05, 4.69) is 5.10 Å². The van der Waals surface area contributed by atoms with Crippen molar-refractivity contribution in [3.63, 3.8) is 0 Å². The first-order valence-electron chi connectivity index (χ1n) is 4.43. The summed E-state index contributed by atoms with van der Waals surface area (Å²) in [6, 6.07) is 6.65. The fourth-order valence-corrected chi connectivity index (χ4v) is 1.47. The topological polar surface area (TPSA) is 17.8 Å². The SMILES string of the molecule is Cc1cc(F)ccc1-c1ccn(C)n1. The molecule has 0 unspecified atom stereocenters. The van der Waals surface area contributed by atoms with Gasteiger partial charge in [0.25, 0.3) is 0 Å². The number of benzene rings is 1. The summed E-state index contributed by atoms with van der Waals surface area (Å²) >= 11 is 0. The summed E-state index contributed by atoms with van der Waals surface area (Å²) in [6.45, 7) is 1.88. The Bertz CT molecular complexity index is 460. The molecule has 0 fully saturated rings. The van der Waals surface area contributed by atoms with Gasteiger partial charge in [0.2, 0.25) is 0 Å². The summed E-state index contributed by atoms with van der Waals surface area (Å²) in [7, 11) is 1.86. The number of hydrogen-bond donors (Lipinski definition) is 0. The minimum absolute atomic E-state index is 0.206. The molecule has 2 rings (SSSR count). The molecule has 0 amide bonds. The lowest BCUT2D eigenvalue weighted by molar-refractivity contribution is 0.627. The highest BCUT2D eigenvalue weighted by atomic mass is 19.1. The zero-order valence-corrected chi connectivity index (χ0v) is 8.16.